The molecule has 0 aromatic heterocycles. The fourth-order valence-electron chi connectivity index (χ4n) is 2.14. The van der Waals surface area contributed by atoms with Crippen LogP contribution in [0.25, 0.3) is 0 Å². The number of benzene rings is 1. The monoisotopic (exact) mass is 269 g/mol. The Morgan fingerprint density at radius 2 is 2.26 bits per heavy atom. The number of hydrogen-bond acceptors (Lipinski definition) is 2. The zero-order valence-corrected chi connectivity index (χ0v) is 10.7. The van der Waals surface area contributed by atoms with Gasteiger partial charge >= 0.3 is 6.03 Å². The normalized spacial score (nSPS) is 22.3. The first-order chi connectivity index (χ1) is 8.98. The van der Waals surface area contributed by atoms with Crippen molar-refractivity contribution in [2.45, 2.75) is 25.3 Å². The number of nitrogens with one attached hydrogen (secondary N) is 3. The van der Waals surface area contributed by atoms with Crippen molar-refractivity contribution >= 4 is 11.7 Å². The summed E-state index contributed by atoms with van der Waals surface area (Å²) in [6.07, 6.45) is 2.06. The molecule has 3 N–H and O–H groups in total. The van der Waals surface area contributed by atoms with E-state index in [4.69, 9.17) is 0 Å². The van der Waals surface area contributed by atoms with Crippen molar-refractivity contribution in [1.82, 2.24) is 10.6 Å². The molecule has 1 aliphatic heterocycles. The number of amides is 2. The van der Waals surface area contributed by atoms with Crippen molar-refractivity contribution in [2.24, 2.45) is 0 Å². The smallest absolute Gasteiger partial charge is 0.319 e. The first-order valence-electron chi connectivity index (χ1n) is 6.23. The first-order valence-corrected chi connectivity index (χ1v) is 6.23. The predicted molar refractivity (Wildman–Crippen MR) is 69.0 cm³/mol. The Labute approximate surface area is 110 Å². The fraction of sp³-hybridized carbons (Fsp3) is 0.462. The van der Waals surface area contributed by atoms with E-state index < -0.39 is 17.7 Å². The lowest BCUT2D eigenvalue weighted by molar-refractivity contribution is 0.248. The van der Waals surface area contributed by atoms with Gasteiger partial charge in [0.1, 0.15) is 11.6 Å². The van der Waals surface area contributed by atoms with Gasteiger partial charge in [-0.2, -0.15) is 0 Å². The molecule has 19 heavy (non-hydrogen) atoms. The van der Waals surface area contributed by atoms with E-state index in [1.165, 1.54) is 6.07 Å². The molecular formula is C13H17F2N3O. The van der Waals surface area contributed by atoms with Crippen LogP contribution in [0.15, 0.2) is 18.2 Å². The van der Waals surface area contributed by atoms with E-state index in [0.717, 1.165) is 31.5 Å². The van der Waals surface area contributed by atoms with Crippen LogP contribution in [0.4, 0.5) is 19.3 Å². The summed E-state index contributed by atoms with van der Waals surface area (Å²) in [6, 6.07) is 2.52. The maximum absolute atomic E-state index is 13.3. The van der Waals surface area contributed by atoms with E-state index >= 15 is 0 Å². The zero-order chi connectivity index (χ0) is 13.9. The van der Waals surface area contributed by atoms with Crippen molar-refractivity contribution in [3.63, 3.8) is 0 Å². The van der Waals surface area contributed by atoms with Crippen LogP contribution in [0.3, 0.4) is 0 Å². The SMILES string of the molecule is CC1(CNC(=O)Nc2ccc(F)cc2F)CCCN1. The Bertz CT molecular complexity index is 473. The number of anilines is 1. The molecule has 1 aromatic rings. The van der Waals surface area contributed by atoms with Gasteiger partial charge in [-0.1, -0.05) is 0 Å². The Morgan fingerprint density at radius 1 is 1.47 bits per heavy atom. The lowest BCUT2D eigenvalue weighted by Gasteiger charge is -2.24. The van der Waals surface area contributed by atoms with Gasteiger partial charge in [-0.3, -0.25) is 0 Å². The molecule has 0 saturated carbocycles. The maximum Gasteiger partial charge on any atom is 0.319 e. The highest BCUT2D eigenvalue weighted by atomic mass is 19.1. The molecule has 4 nitrogen and oxygen atoms in total. The standard InChI is InChI=1S/C13H17F2N3O/c1-13(5-2-6-17-13)8-16-12(19)18-11-4-3-9(14)7-10(11)15/h3-4,7,17H,2,5-6,8H2,1H3,(H2,16,18,19). The largest absolute Gasteiger partial charge is 0.336 e. The first kappa shape index (κ1) is 13.7. The molecule has 1 atom stereocenters. The van der Waals surface area contributed by atoms with E-state index in [9.17, 15) is 13.6 Å². The van der Waals surface area contributed by atoms with Crippen LogP contribution in [-0.2, 0) is 0 Å². The van der Waals surface area contributed by atoms with Gasteiger partial charge in [-0.05, 0) is 38.4 Å². The Hall–Kier alpha value is -1.69. The summed E-state index contributed by atoms with van der Waals surface area (Å²) in [5.41, 5.74) is -0.151. The van der Waals surface area contributed by atoms with Crippen molar-refractivity contribution in [3.05, 3.63) is 29.8 Å². The summed E-state index contributed by atoms with van der Waals surface area (Å²) < 4.78 is 26.0. The number of carbonyl (C=O) groups is 1. The molecule has 0 bridgehead atoms. The predicted octanol–water partition coefficient (Wildman–Crippen LogP) is 2.23. The van der Waals surface area contributed by atoms with Crippen LogP contribution in [0.1, 0.15) is 19.8 Å². The molecule has 1 aliphatic rings. The van der Waals surface area contributed by atoms with Gasteiger partial charge in [-0.15, -0.1) is 0 Å². The van der Waals surface area contributed by atoms with E-state index in [2.05, 4.69) is 16.0 Å². The number of urea groups is 1. The van der Waals surface area contributed by atoms with Crippen LogP contribution in [0.2, 0.25) is 0 Å². The van der Waals surface area contributed by atoms with Crippen molar-refractivity contribution in [3.8, 4) is 0 Å². The maximum atomic E-state index is 13.3. The van der Waals surface area contributed by atoms with E-state index in [1.54, 1.807) is 0 Å². The second kappa shape index (κ2) is 5.52. The molecule has 0 radical (unpaired) electrons. The average Bonchev–Trinajstić information content (AvgIpc) is 2.78. The highest BCUT2D eigenvalue weighted by Crippen LogP contribution is 2.17. The van der Waals surface area contributed by atoms with Crippen LogP contribution in [0.5, 0.6) is 0 Å². The lowest BCUT2D eigenvalue weighted by Crippen LogP contribution is -2.48. The molecule has 1 saturated heterocycles. The van der Waals surface area contributed by atoms with Crippen molar-refractivity contribution in [1.29, 1.82) is 0 Å². The summed E-state index contributed by atoms with van der Waals surface area (Å²) in [6.45, 7) is 3.42. The minimum absolute atomic E-state index is 0.0385. The Balaban J connectivity index is 1.87. The third-order valence-corrected chi connectivity index (χ3v) is 3.28. The quantitative estimate of drug-likeness (QED) is 0.788. The molecule has 6 heteroatoms. The highest BCUT2D eigenvalue weighted by Gasteiger charge is 2.28. The minimum atomic E-state index is -0.791. The van der Waals surface area contributed by atoms with Crippen LogP contribution in [-0.4, -0.2) is 24.7 Å². The summed E-state index contributed by atoms with van der Waals surface area (Å²) >= 11 is 0. The Morgan fingerprint density at radius 3 is 2.89 bits per heavy atom. The third-order valence-electron chi connectivity index (χ3n) is 3.28. The number of rotatable bonds is 3. The molecule has 104 valence electrons. The van der Waals surface area contributed by atoms with Gasteiger partial charge in [0.25, 0.3) is 0 Å². The molecule has 0 aliphatic carbocycles. The number of carbonyl (C=O) groups excluding carboxylic acids is 1. The van der Waals surface area contributed by atoms with Crippen LogP contribution < -0.4 is 16.0 Å². The van der Waals surface area contributed by atoms with Crippen molar-refractivity contribution < 1.29 is 13.6 Å². The average molecular weight is 269 g/mol. The van der Waals surface area contributed by atoms with Crippen molar-refractivity contribution in [2.75, 3.05) is 18.4 Å². The van der Waals surface area contributed by atoms with Gasteiger partial charge in [0.05, 0.1) is 5.69 Å². The minimum Gasteiger partial charge on any atom is -0.336 e. The van der Waals surface area contributed by atoms with E-state index in [1.807, 2.05) is 6.92 Å². The molecule has 1 unspecified atom stereocenters. The second-order valence-corrected chi connectivity index (χ2v) is 5.02. The zero-order valence-electron chi connectivity index (χ0n) is 10.7. The van der Waals surface area contributed by atoms with Crippen LogP contribution in [0, 0.1) is 11.6 Å². The topological polar surface area (TPSA) is 53.2 Å². The lowest BCUT2D eigenvalue weighted by atomic mass is 10.0. The molecule has 1 fully saturated rings. The summed E-state index contributed by atoms with van der Waals surface area (Å²) in [4.78, 5) is 11.6. The van der Waals surface area contributed by atoms with E-state index in [-0.39, 0.29) is 11.2 Å². The van der Waals surface area contributed by atoms with Gasteiger partial charge in [0, 0.05) is 18.2 Å². The molecule has 1 heterocycles. The summed E-state index contributed by atoms with van der Waals surface area (Å²) in [5.74, 6) is -1.47. The third kappa shape index (κ3) is 3.64. The van der Waals surface area contributed by atoms with Gasteiger partial charge in [0.15, 0.2) is 0 Å². The Kier molecular flexibility index (Phi) is 3.99. The second-order valence-electron chi connectivity index (χ2n) is 5.02. The fourth-order valence-corrected chi connectivity index (χ4v) is 2.14. The molecule has 2 amide bonds. The van der Waals surface area contributed by atoms with Crippen LogP contribution >= 0.6 is 0 Å². The highest BCUT2D eigenvalue weighted by molar-refractivity contribution is 5.89. The summed E-state index contributed by atoms with van der Waals surface area (Å²) in [5, 5.41) is 8.35. The number of hydrogen-bond donors (Lipinski definition) is 3. The van der Waals surface area contributed by atoms with Gasteiger partial charge < -0.3 is 16.0 Å². The molecular weight excluding hydrogens is 252 g/mol. The molecule has 2 rings (SSSR count). The van der Waals surface area contributed by atoms with Gasteiger partial charge in [0.2, 0.25) is 0 Å². The molecule has 1 aromatic carbocycles. The summed E-state index contributed by atoms with van der Waals surface area (Å²) in [7, 11) is 0. The number of halogens is 2. The molecule has 0 spiro atoms. The van der Waals surface area contributed by atoms with Gasteiger partial charge in [-0.25, -0.2) is 13.6 Å². The van der Waals surface area contributed by atoms with E-state index in [0.29, 0.717) is 6.54 Å².